The number of hydrogen-bond donors (Lipinski definition) is 2. The highest BCUT2D eigenvalue weighted by atomic mass is 32.2. The molecule has 9 heteroatoms. The van der Waals surface area contributed by atoms with E-state index in [2.05, 4.69) is 15.1 Å². The van der Waals surface area contributed by atoms with E-state index in [-0.39, 0.29) is 22.5 Å². The quantitative estimate of drug-likeness (QED) is 0.778. The summed E-state index contributed by atoms with van der Waals surface area (Å²) in [6.07, 6.45) is 4.88. The Labute approximate surface area is 129 Å². The summed E-state index contributed by atoms with van der Waals surface area (Å²) in [7, 11) is -0.613. The zero-order valence-corrected chi connectivity index (χ0v) is 13.5. The van der Waals surface area contributed by atoms with Crippen LogP contribution in [0.25, 0.3) is 0 Å². The van der Waals surface area contributed by atoms with Gasteiger partial charge in [-0.15, -0.1) is 0 Å². The van der Waals surface area contributed by atoms with E-state index < -0.39 is 10.0 Å². The van der Waals surface area contributed by atoms with Gasteiger partial charge < -0.3 is 9.88 Å². The second kappa shape index (κ2) is 6.32. The summed E-state index contributed by atoms with van der Waals surface area (Å²) in [5, 5.41) is 6.90. The molecule has 0 aliphatic rings. The maximum atomic E-state index is 12.3. The maximum Gasteiger partial charge on any atom is 0.268 e. The first kappa shape index (κ1) is 16.2. The lowest BCUT2D eigenvalue weighted by molar-refractivity contribution is 0.0928. The first-order valence-corrected chi connectivity index (χ1v) is 8.20. The summed E-state index contributed by atoms with van der Waals surface area (Å²) in [6.45, 7) is 2.39. The average Bonchev–Trinajstić information content (AvgIpc) is 3.08. The number of nitrogens with zero attached hydrogens (tertiary/aromatic N) is 3. The van der Waals surface area contributed by atoms with Gasteiger partial charge in [-0.1, -0.05) is 0 Å². The Morgan fingerprint density at radius 3 is 2.77 bits per heavy atom. The normalized spacial score (nSPS) is 13.0. The Balaban J connectivity index is 2.10. The van der Waals surface area contributed by atoms with E-state index in [1.54, 1.807) is 24.0 Å². The van der Waals surface area contributed by atoms with Crippen LogP contribution in [0, 0.1) is 0 Å². The van der Waals surface area contributed by atoms with Crippen LogP contribution in [0.3, 0.4) is 0 Å². The Bertz CT molecular complexity index is 749. The fourth-order valence-electron chi connectivity index (χ4n) is 2.06. The molecule has 0 aliphatic heterocycles. The van der Waals surface area contributed by atoms with E-state index >= 15 is 0 Å². The van der Waals surface area contributed by atoms with E-state index in [1.165, 1.54) is 23.9 Å². The van der Waals surface area contributed by atoms with Crippen LogP contribution in [0.4, 0.5) is 0 Å². The van der Waals surface area contributed by atoms with Gasteiger partial charge in [-0.05, 0) is 26.1 Å². The number of nitrogens with one attached hydrogen (secondary N) is 2. The fraction of sp³-hybridized carbons (Fsp3) is 0.385. The summed E-state index contributed by atoms with van der Waals surface area (Å²) in [6, 6.07) is 3.01. The molecule has 0 saturated carbocycles. The molecule has 1 atom stereocenters. The number of aryl methyl sites for hydroxylation is 1. The van der Waals surface area contributed by atoms with Gasteiger partial charge >= 0.3 is 0 Å². The number of carbonyl (C=O) groups excluding carboxylic acids is 1. The van der Waals surface area contributed by atoms with E-state index in [4.69, 9.17) is 0 Å². The molecule has 8 nitrogen and oxygen atoms in total. The lowest BCUT2D eigenvalue weighted by Gasteiger charge is -2.14. The van der Waals surface area contributed by atoms with Crippen LogP contribution < -0.4 is 10.0 Å². The molecular formula is C13H19N5O3S. The summed E-state index contributed by atoms with van der Waals surface area (Å²) < 4.78 is 28.9. The van der Waals surface area contributed by atoms with Gasteiger partial charge in [0, 0.05) is 31.7 Å². The smallest absolute Gasteiger partial charge is 0.268 e. The molecule has 0 fully saturated rings. The Kier molecular flexibility index (Phi) is 4.67. The van der Waals surface area contributed by atoms with Gasteiger partial charge in [0.25, 0.3) is 5.91 Å². The third-order valence-corrected chi connectivity index (χ3v) is 4.57. The van der Waals surface area contributed by atoms with E-state index in [9.17, 15) is 13.2 Å². The van der Waals surface area contributed by atoms with Gasteiger partial charge in [-0.25, -0.2) is 13.1 Å². The molecule has 2 rings (SSSR count). The minimum absolute atomic E-state index is 0.0578. The average molecular weight is 325 g/mol. The van der Waals surface area contributed by atoms with Crippen molar-refractivity contribution in [2.45, 2.75) is 24.4 Å². The van der Waals surface area contributed by atoms with Crippen LogP contribution in [-0.2, 0) is 23.6 Å². The van der Waals surface area contributed by atoms with Crippen LogP contribution in [-0.4, -0.2) is 41.8 Å². The lowest BCUT2D eigenvalue weighted by Crippen LogP contribution is -2.36. The first-order valence-electron chi connectivity index (χ1n) is 6.71. The molecule has 22 heavy (non-hydrogen) atoms. The van der Waals surface area contributed by atoms with Gasteiger partial charge in [0.2, 0.25) is 10.0 Å². The SMILES string of the molecule is CNS(=O)(=O)c1cc(C(=O)N[C@H](C)Cn2cccn2)n(C)c1. The highest BCUT2D eigenvalue weighted by Gasteiger charge is 2.20. The van der Waals surface area contributed by atoms with Crippen molar-refractivity contribution in [3.63, 3.8) is 0 Å². The molecule has 0 spiro atoms. The second-order valence-corrected chi connectivity index (χ2v) is 6.87. The predicted molar refractivity (Wildman–Crippen MR) is 80.8 cm³/mol. The summed E-state index contributed by atoms with van der Waals surface area (Å²) in [5.41, 5.74) is 0.279. The van der Waals surface area contributed by atoms with Gasteiger partial charge in [0.15, 0.2) is 0 Å². The lowest BCUT2D eigenvalue weighted by atomic mass is 10.3. The third-order valence-electron chi connectivity index (χ3n) is 3.19. The molecular weight excluding hydrogens is 306 g/mol. The molecule has 2 aromatic heterocycles. The van der Waals surface area contributed by atoms with Crippen LogP contribution in [0.2, 0.25) is 0 Å². The Morgan fingerprint density at radius 2 is 2.18 bits per heavy atom. The van der Waals surface area contributed by atoms with Crippen molar-refractivity contribution in [3.05, 3.63) is 36.4 Å². The van der Waals surface area contributed by atoms with E-state index in [0.29, 0.717) is 6.54 Å². The molecule has 0 radical (unpaired) electrons. The van der Waals surface area contributed by atoms with Crippen molar-refractivity contribution in [2.24, 2.45) is 7.05 Å². The minimum Gasteiger partial charge on any atom is -0.346 e. The van der Waals surface area contributed by atoms with Crippen LogP contribution in [0.5, 0.6) is 0 Å². The highest BCUT2D eigenvalue weighted by molar-refractivity contribution is 7.89. The van der Waals surface area contributed by atoms with Crippen LogP contribution in [0.1, 0.15) is 17.4 Å². The van der Waals surface area contributed by atoms with E-state index in [0.717, 1.165) is 0 Å². The number of sulfonamides is 1. The van der Waals surface area contributed by atoms with E-state index in [1.807, 2.05) is 13.1 Å². The zero-order chi connectivity index (χ0) is 16.3. The largest absolute Gasteiger partial charge is 0.346 e. The van der Waals surface area contributed by atoms with Crippen molar-refractivity contribution in [1.29, 1.82) is 0 Å². The Morgan fingerprint density at radius 1 is 1.45 bits per heavy atom. The monoisotopic (exact) mass is 325 g/mol. The standard InChI is InChI=1S/C13H19N5O3S/c1-10(8-18-6-4-5-15-18)16-13(19)12-7-11(9-17(12)3)22(20,21)14-2/h4-7,9-10,14H,8H2,1-3H3,(H,16,19)/t10-/m1/s1. The number of amides is 1. The van der Waals surface area contributed by atoms with Crippen molar-refractivity contribution < 1.29 is 13.2 Å². The van der Waals surface area contributed by atoms with Crippen LogP contribution in [0.15, 0.2) is 35.6 Å². The summed E-state index contributed by atoms with van der Waals surface area (Å²) >= 11 is 0. The molecule has 2 N–H and O–H groups in total. The van der Waals surface area contributed by atoms with Gasteiger partial charge in [-0.2, -0.15) is 5.10 Å². The van der Waals surface area contributed by atoms with Crippen molar-refractivity contribution >= 4 is 15.9 Å². The molecule has 0 unspecified atom stereocenters. The number of aromatic nitrogens is 3. The summed E-state index contributed by atoms with van der Waals surface area (Å²) in [5.74, 6) is -0.334. The van der Waals surface area contributed by atoms with Crippen molar-refractivity contribution in [2.75, 3.05) is 7.05 Å². The Hall–Kier alpha value is -2.13. The molecule has 120 valence electrons. The third kappa shape index (κ3) is 3.55. The molecule has 0 bridgehead atoms. The molecule has 1 amide bonds. The summed E-state index contributed by atoms with van der Waals surface area (Å²) in [4.78, 5) is 12.3. The number of hydrogen-bond acceptors (Lipinski definition) is 4. The second-order valence-electron chi connectivity index (χ2n) is 4.98. The zero-order valence-electron chi connectivity index (χ0n) is 12.6. The fourth-order valence-corrected chi connectivity index (χ4v) is 2.86. The molecule has 2 heterocycles. The van der Waals surface area contributed by atoms with Crippen molar-refractivity contribution in [3.8, 4) is 0 Å². The molecule has 0 saturated heterocycles. The van der Waals surface area contributed by atoms with Gasteiger partial charge in [0.1, 0.15) is 10.6 Å². The molecule has 0 aliphatic carbocycles. The number of carbonyl (C=O) groups is 1. The topological polar surface area (TPSA) is 98.0 Å². The maximum absolute atomic E-state index is 12.3. The first-order chi connectivity index (χ1) is 10.3. The van der Waals surface area contributed by atoms with Crippen molar-refractivity contribution in [1.82, 2.24) is 24.4 Å². The molecule has 2 aromatic rings. The van der Waals surface area contributed by atoms with Crippen LogP contribution >= 0.6 is 0 Å². The number of rotatable bonds is 6. The minimum atomic E-state index is -3.57. The predicted octanol–water partition coefficient (Wildman–Crippen LogP) is -0.0518. The molecule has 0 aromatic carbocycles. The highest BCUT2D eigenvalue weighted by Crippen LogP contribution is 2.13. The van der Waals surface area contributed by atoms with Gasteiger partial charge in [0.05, 0.1) is 6.54 Å². The van der Waals surface area contributed by atoms with Gasteiger partial charge in [-0.3, -0.25) is 9.48 Å².